The van der Waals surface area contributed by atoms with Crippen LogP contribution in [0, 0.1) is 0 Å². The van der Waals surface area contributed by atoms with Crippen LogP contribution in [0.3, 0.4) is 0 Å². The highest BCUT2D eigenvalue weighted by Crippen LogP contribution is 2.43. The van der Waals surface area contributed by atoms with E-state index >= 15 is 0 Å². The second-order valence-electron chi connectivity index (χ2n) is 6.72. The van der Waals surface area contributed by atoms with E-state index < -0.39 is 0 Å². The van der Waals surface area contributed by atoms with E-state index in [4.69, 9.17) is 18.9 Å². The maximum Gasteiger partial charge on any atom is 0.161 e. The van der Waals surface area contributed by atoms with Gasteiger partial charge < -0.3 is 24.3 Å². The molecule has 0 bridgehead atoms. The minimum atomic E-state index is 0.205. The molecule has 2 aromatic rings. The molecule has 2 atom stereocenters. The van der Waals surface area contributed by atoms with E-state index in [-0.39, 0.29) is 6.04 Å². The summed E-state index contributed by atoms with van der Waals surface area (Å²) in [6, 6.07) is 10.6. The second-order valence-corrected chi connectivity index (χ2v) is 6.72. The van der Waals surface area contributed by atoms with Crippen molar-refractivity contribution in [1.82, 2.24) is 5.32 Å². The van der Waals surface area contributed by atoms with Gasteiger partial charge in [-0.25, -0.2) is 0 Å². The molecule has 0 radical (unpaired) electrons. The number of nitrogens with one attached hydrogen (secondary N) is 1. The first-order valence-corrected chi connectivity index (χ1v) is 9.36. The third-order valence-corrected chi connectivity index (χ3v) is 5.42. The molecule has 0 aromatic heterocycles. The molecule has 0 saturated heterocycles. The zero-order valence-electron chi connectivity index (χ0n) is 16.8. The van der Waals surface area contributed by atoms with Gasteiger partial charge in [-0.05, 0) is 60.3 Å². The monoisotopic (exact) mass is 371 g/mol. The van der Waals surface area contributed by atoms with Crippen molar-refractivity contribution in [3.63, 3.8) is 0 Å². The van der Waals surface area contributed by atoms with Gasteiger partial charge in [-0.3, -0.25) is 0 Å². The van der Waals surface area contributed by atoms with E-state index in [0.29, 0.717) is 5.92 Å². The van der Waals surface area contributed by atoms with Gasteiger partial charge in [-0.1, -0.05) is 13.0 Å². The lowest BCUT2D eigenvalue weighted by Gasteiger charge is -2.34. The fourth-order valence-electron chi connectivity index (χ4n) is 4.02. The van der Waals surface area contributed by atoms with Crippen LogP contribution in [0.1, 0.15) is 42.0 Å². The summed E-state index contributed by atoms with van der Waals surface area (Å²) >= 11 is 0. The van der Waals surface area contributed by atoms with Crippen LogP contribution >= 0.6 is 0 Å². The van der Waals surface area contributed by atoms with Gasteiger partial charge in [0.1, 0.15) is 0 Å². The van der Waals surface area contributed by atoms with Gasteiger partial charge in [0.05, 0.1) is 28.4 Å². The standard InChI is InChI=1S/C22H29NO4/c1-6-16(14-7-8-18(24-2)19(11-14)25-3)22-17-13-21(27-5)20(26-4)12-15(17)9-10-23-22/h7-8,11-13,16,22-23H,6,9-10H2,1-5H3. The van der Waals surface area contributed by atoms with Crippen molar-refractivity contribution in [2.24, 2.45) is 0 Å². The van der Waals surface area contributed by atoms with E-state index in [0.717, 1.165) is 42.4 Å². The van der Waals surface area contributed by atoms with Crippen LogP contribution in [0.5, 0.6) is 23.0 Å². The lowest BCUT2D eigenvalue weighted by atomic mass is 9.80. The first-order chi connectivity index (χ1) is 13.2. The first-order valence-electron chi connectivity index (χ1n) is 9.36. The quantitative estimate of drug-likeness (QED) is 0.794. The lowest BCUT2D eigenvalue weighted by Crippen LogP contribution is -2.34. The zero-order valence-corrected chi connectivity index (χ0v) is 16.8. The SMILES string of the molecule is CCC(c1ccc(OC)c(OC)c1)C1NCCc2cc(OC)c(OC)cc21. The normalized spacial score (nSPS) is 17.0. The van der Waals surface area contributed by atoms with Gasteiger partial charge in [0.15, 0.2) is 23.0 Å². The predicted molar refractivity (Wildman–Crippen MR) is 107 cm³/mol. The third-order valence-electron chi connectivity index (χ3n) is 5.42. The lowest BCUT2D eigenvalue weighted by molar-refractivity contribution is 0.348. The molecule has 2 aromatic carbocycles. The Hall–Kier alpha value is -2.40. The van der Waals surface area contributed by atoms with Crippen LogP contribution in [0.2, 0.25) is 0 Å². The largest absolute Gasteiger partial charge is 0.493 e. The fourth-order valence-corrected chi connectivity index (χ4v) is 4.02. The summed E-state index contributed by atoms with van der Waals surface area (Å²) in [5.41, 5.74) is 3.83. The van der Waals surface area contributed by atoms with Crippen molar-refractivity contribution in [2.45, 2.75) is 31.7 Å². The molecule has 1 aliphatic rings. The molecule has 5 heteroatoms. The summed E-state index contributed by atoms with van der Waals surface area (Å²) in [7, 11) is 6.70. The number of hydrogen-bond donors (Lipinski definition) is 1. The molecule has 3 rings (SSSR count). The van der Waals surface area contributed by atoms with Gasteiger partial charge in [-0.15, -0.1) is 0 Å². The van der Waals surface area contributed by atoms with Crippen molar-refractivity contribution in [2.75, 3.05) is 35.0 Å². The van der Waals surface area contributed by atoms with Crippen molar-refractivity contribution < 1.29 is 18.9 Å². The molecular weight excluding hydrogens is 342 g/mol. The minimum Gasteiger partial charge on any atom is -0.493 e. The van der Waals surface area contributed by atoms with Crippen LogP contribution in [0.25, 0.3) is 0 Å². The fraction of sp³-hybridized carbons (Fsp3) is 0.455. The Labute approximate surface area is 161 Å². The van der Waals surface area contributed by atoms with Crippen LogP contribution in [-0.4, -0.2) is 35.0 Å². The molecule has 0 amide bonds. The summed E-state index contributed by atoms with van der Waals surface area (Å²) in [6.07, 6.45) is 1.98. The van der Waals surface area contributed by atoms with Gasteiger partial charge >= 0.3 is 0 Å². The van der Waals surface area contributed by atoms with Crippen LogP contribution in [0.4, 0.5) is 0 Å². The molecular formula is C22H29NO4. The van der Waals surface area contributed by atoms with Gasteiger partial charge in [-0.2, -0.15) is 0 Å². The Balaban J connectivity index is 2.03. The Morgan fingerprint density at radius 3 is 2.15 bits per heavy atom. The van der Waals surface area contributed by atoms with E-state index in [1.165, 1.54) is 16.7 Å². The van der Waals surface area contributed by atoms with Crippen LogP contribution < -0.4 is 24.3 Å². The maximum absolute atomic E-state index is 5.55. The molecule has 0 fully saturated rings. The highest BCUT2D eigenvalue weighted by atomic mass is 16.5. The van der Waals surface area contributed by atoms with Gasteiger partial charge in [0, 0.05) is 12.0 Å². The van der Waals surface area contributed by atoms with Crippen molar-refractivity contribution in [3.8, 4) is 23.0 Å². The van der Waals surface area contributed by atoms with Crippen molar-refractivity contribution in [1.29, 1.82) is 0 Å². The van der Waals surface area contributed by atoms with Crippen LogP contribution in [-0.2, 0) is 6.42 Å². The molecule has 1 N–H and O–H groups in total. The van der Waals surface area contributed by atoms with Gasteiger partial charge in [0.25, 0.3) is 0 Å². The van der Waals surface area contributed by atoms with Gasteiger partial charge in [0.2, 0.25) is 0 Å². The summed E-state index contributed by atoms with van der Waals surface area (Å²) in [4.78, 5) is 0. The molecule has 27 heavy (non-hydrogen) atoms. The smallest absolute Gasteiger partial charge is 0.161 e. The minimum absolute atomic E-state index is 0.205. The summed E-state index contributed by atoms with van der Waals surface area (Å²) in [6.45, 7) is 3.16. The Morgan fingerprint density at radius 1 is 0.889 bits per heavy atom. The van der Waals surface area contributed by atoms with Crippen molar-refractivity contribution >= 4 is 0 Å². The molecule has 0 spiro atoms. The predicted octanol–water partition coefficient (Wildman–Crippen LogP) is 4.10. The Bertz CT molecular complexity index is 790. The number of hydrogen-bond acceptors (Lipinski definition) is 5. The number of fused-ring (bicyclic) bond motifs is 1. The van der Waals surface area contributed by atoms with E-state index in [1.807, 2.05) is 6.07 Å². The average molecular weight is 371 g/mol. The highest BCUT2D eigenvalue weighted by Gasteiger charge is 2.30. The Kier molecular flexibility index (Phi) is 6.11. The van der Waals surface area contributed by atoms with E-state index in [1.54, 1.807) is 28.4 Å². The second kappa shape index (κ2) is 8.53. The third kappa shape index (κ3) is 3.69. The number of methoxy groups -OCH3 is 4. The molecule has 1 heterocycles. The topological polar surface area (TPSA) is 49.0 Å². The average Bonchev–Trinajstić information content (AvgIpc) is 2.73. The summed E-state index contributed by atoms with van der Waals surface area (Å²) in [5, 5.41) is 3.71. The number of rotatable bonds is 7. The maximum atomic E-state index is 5.55. The van der Waals surface area contributed by atoms with E-state index in [9.17, 15) is 0 Å². The van der Waals surface area contributed by atoms with Crippen LogP contribution in [0.15, 0.2) is 30.3 Å². The highest BCUT2D eigenvalue weighted by molar-refractivity contribution is 5.51. The number of benzene rings is 2. The molecule has 146 valence electrons. The summed E-state index contributed by atoms with van der Waals surface area (Å²) < 4.78 is 21.9. The zero-order chi connectivity index (χ0) is 19.4. The molecule has 0 aliphatic carbocycles. The molecule has 1 aliphatic heterocycles. The molecule has 0 saturated carbocycles. The summed E-state index contributed by atoms with van der Waals surface area (Å²) in [5.74, 6) is 3.38. The molecule has 5 nitrogen and oxygen atoms in total. The number of ether oxygens (including phenoxy) is 4. The Morgan fingerprint density at radius 2 is 1.52 bits per heavy atom. The van der Waals surface area contributed by atoms with Crippen molar-refractivity contribution in [3.05, 3.63) is 47.0 Å². The first kappa shape index (κ1) is 19.4. The molecule has 2 unspecified atom stereocenters. The van der Waals surface area contributed by atoms with E-state index in [2.05, 4.69) is 36.5 Å².